The first-order valence-corrected chi connectivity index (χ1v) is 12.3. The number of thioether (sulfide) groups is 1. The highest BCUT2D eigenvalue weighted by Gasteiger charge is 2.20. The van der Waals surface area contributed by atoms with Gasteiger partial charge in [-0.15, -0.1) is 11.3 Å². The van der Waals surface area contributed by atoms with Gasteiger partial charge < -0.3 is 0 Å². The van der Waals surface area contributed by atoms with Crippen molar-refractivity contribution in [1.82, 2.24) is 9.55 Å². The Morgan fingerprint density at radius 3 is 2.41 bits per heavy atom. The summed E-state index contributed by atoms with van der Waals surface area (Å²) in [6.45, 7) is 2.06. The maximum atomic E-state index is 13.9. The van der Waals surface area contributed by atoms with Crippen molar-refractivity contribution in [2.45, 2.75) is 17.8 Å². The van der Waals surface area contributed by atoms with Gasteiger partial charge in [0, 0.05) is 21.2 Å². The second-order valence-corrected chi connectivity index (χ2v) is 9.95. The predicted molar refractivity (Wildman–Crippen MR) is 136 cm³/mol. The number of halogens is 1. The number of hydrogen-bond acceptors (Lipinski definition) is 4. The molecule has 0 atom stereocenters. The molecule has 0 N–H and O–H groups in total. The monoisotopic (exact) mass is 474 g/mol. The van der Waals surface area contributed by atoms with Gasteiger partial charge in [0.15, 0.2) is 5.16 Å². The summed E-state index contributed by atoms with van der Waals surface area (Å²) in [5, 5.41) is 2.05. The zero-order chi connectivity index (χ0) is 22.1. The summed E-state index contributed by atoms with van der Waals surface area (Å²) in [5.41, 5.74) is 3.86. The first kappa shape index (κ1) is 21.0. The average Bonchev–Trinajstić information content (AvgIpc) is 3.15. The van der Waals surface area contributed by atoms with Crippen LogP contribution in [0.4, 0.5) is 0 Å². The zero-order valence-corrected chi connectivity index (χ0v) is 19.7. The number of fused-ring (bicyclic) bond motifs is 1. The first-order valence-electron chi connectivity index (χ1n) is 10.2. The van der Waals surface area contributed by atoms with Gasteiger partial charge in [-0.2, -0.15) is 0 Å². The lowest BCUT2D eigenvalue weighted by atomic mass is 10.0. The molecule has 3 nitrogen and oxygen atoms in total. The summed E-state index contributed by atoms with van der Waals surface area (Å²) in [7, 11) is 0. The van der Waals surface area contributed by atoms with Crippen molar-refractivity contribution in [2.75, 3.05) is 0 Å². The summed E-state index contributed by atoms with van der Waals surface area (Å²) in [5.74, 6) is 0.668. The lowest BCUT2D eigenvalue weighted by Crippen LogP contribution is -2.21. The van der Waals surface area contributed by atoms with Gasteiger partial charge in [0.05, 0.1) is 11.1 Å². The SMILES string of the molecule is Cc1sc2nc(SCc3cccc(Cl)c3)n(-c3ccccc3)c(=O)c2c1-c1ccccc1. The molecule has 3 aromatic carbocycles. The highest BCUT2D eigenvalue weighted by Crippen LogP contribution is 2.37. The third-order valence-corrected chi connectivity index (χ3v) is 7.45. The van der Waals surface area contributed by atoms with E-state index >= 15 is 0 Å². The number of para-hydroxylation sites is 1. The highest BCUT2D eigenvalue weighted by atomic mass is 35.5. The molecule has 0 spiro atoms. The molecule has 0 aliphatic rings. The molecule has 0 bridgehead atoms. The van der Waals surface area contributed by atoms with Crippen LogP contribution in [-0.2, 0) is 5.75 Å². The number of benzene rings is 3. The third kappa shape index (κ3) is 3.99. The fourth-order valence-corrected chi connectivity index (χ4v) is 6.03. The topological polar surface area (TPSA) is 34.9 Å². The van der Waals surface area contributed by atoms with Crippen molar-refractivity contribution >= 4 is 44.9 Å². The molecule has 0 saturated carbocycles. The van der Waals surface area contributed by atoms with Gasteiger partial charge in [-0.1, -0.05) is 84.0 Å². The van der Waals surface area contributed by atoms with Gasteiger partial charge in [-0.3, -0.25) is 9.36 Å². The largest absolute Gasteiger partial charge is 0.268 e. The Labute approximate surface area is 199 Å². The molecule has 0 aliphatic heterocycles. The summed E-state index contributed by atoms with van der Waals surface area (Å²) in [4.78, 5) is 20.7. The van der Waals surface area contributed by atoms with Crippen molar-refractivity contribution in [2.24, 2.45) is 0 Å². The molecule has 158 valence electrons. The Balaban J connectivity index is 1.71. The lowest BCUT2D eigenvalue weighted by Gasteiger charge is -2.13. The summed E-state index contributed by atoms with van der Waals surface area (Å²) >= 11 is 9.27. The van der Waals surface area contributed by atoms with Gasteiger partial charge >= 0.3 is 0 Å². The normalized spacial score (nSPS) is 11.2. The van der Waals surface area contributed by atoms with Crippen LogP contribution in [0.25, 0.3) is 27.0 Å². The molecule has 6 heteroatoms. The van der Waals surface area contributed by atoms with Crippen molar-refractivity contribution in [1.29, 1.82) is 0 Å². The molecule has 0 saturated heterocycles. The molecule has 0 amide bonds. The van der Waals surface area contributed by atoms with Crippen LogP contribution in [0.3, 0.4) is 0 Å². The highest BCUT2D eigenvalue weighted by molar-refractivity contribution is 7.98. The van der Waals surface area contributed by atoms with E-state index in [1.165, 1.54) is 0 Å². The van der Waals surface area contributed by atoms with Crippen molar-refractivity contribution < 1.29 is 0 Å². The van der Waals surface area contributed by atoms with E-state index in [9.17, 15) is 4.79 Å². The van der Waals surface area contributed by atoms with Crippen LogP contribution in [0.15, 0.2) is 94.9 Å². The van der Waals surface area contributed by atoms with Gasteiger partial charge in [-0.05, 0) is 42.3 Å². The molecule has 2 heterocycles. The number of rotatable bonds is 5. The quantitative estimate of drug-likeness (QED) is 0.197. The van der Waals surface area contributed by atoms with E-state index in [4.69, 9.17) is 16.6 Å². The third-order valence-electron chi connectivity index (χ3n) is 5.20. The summed E-state index contributed by atoms with van der Waals surface area (Å²) in [6.07, 6.45) is 0. The predicted octanol–water partition coefficient (Wildman–Crippen LogP) is 7.37. The number of hydrogen-bond donors (Lipinski definition) is 0. The van der Waals surface area contributed by atoms with E-state index < -0.39 is 0 Å². The van der Waals surface area contributed by atoms with Gasteiger partial charge in [0.25, 0.3) is 5.56 Å². The number of aryl methyl sites for hydroxylation is 1. The molecule has 0 unspecified atom stereocenters. The molecule has 32 heavy (non-hydrogen) atoms. The van der Waals surface area contributed by atoms with Crippen LogP contribution < -0.4 is 5.56 Å². The van der Waals surface area contributed by atoms with E-state index in [-0.39, 0.29) is 5.56 Å². The van der Waals surface area contributed by atoms with Crippen LogP contribution in [-0.4, -0.2) is 9.55 Å². The number of nitrogens with zero attached hydrogens (tertiary/aromatic N) is 2. The minimum atomic E-state index is -0.0435. The Morgan fingerprint density at radius 2 is 1.69 bits per heavy atom. The smallest absolute Gasteiger partial charge is 0.268 e. The zero-order valence-electron chi connectivity index (χ0n) is 17.3. The van der Waals surface area contributed by atoms with E-state index in [1.54, 1.807) is 27.7 Å². The molecule has 5 rings (SSSR count). The van der Waals surface area contributed by atoms with Crippen LogP contribution in [0.2, 0.25) is 5.02 Å². The van der Waals surface area contributed by atoms with Gasteiger partial charge in [-0.25, -0.2) is 4.98 Å². The van der Waals surface area contributed by atoms with Crippen LogP contribution in [0.1, 0.15) is 10.4 Å². The minimum absolute atomic E-state index is 0.0435. The Kier molecular flexibility index (Phi) is 5.87. The van der Waals surface area contributed by atoms with E-state index in [1.807, 2.05) is 84.9 Å². The summed E-state index contributed by atoms with van der Waals surface area (Å²) in [6, 6.07) is 27.6. The lowest BCUT2D eigenvalue weighted by molar-refractivity contribution is 0.822. The van der Waals surface area contributed by atoms with Gasteiger partial charge in [0.1, 0.15) is 4.83 Å². The molecular formula is C26H19ClN2OS2. The van der Waals surface area contributed by atoms with Crippen molar-refractivity contribution in [3.05, 3.63) is 111 Å². The summed E-state index contributed by atoms with van der Waals surface area (Å²) < 4.78 is 1.73. The standard InChI is InChI=1S/C26H19ClN2OS2/c1-17-22(19-10-4-2-5-11-19)23-24(32-17)28-26(31-16-18-9-8-12-20(27)15-18)29(25(23)30)21-13-6-3-7-14-21/h2-15H,16H2,1H3. The number of thiophene rings is 1. The molecule has 5 aromatic rings. The van der Waals surface area contributed by atoms with Crippen molar-refractivity contribution in [3.8, 4) is 16.8 Å². The molecule has 0 fully saturated rings. The Hall–Kier alpha value is -2.86. The fourth-order valence-electron chi connectivity index (χ4n) is 3.77. The second kappa shape index (κ2) is 8.94. The molecule has 0 radical (unpaired) electrons. The molecule has 0 aliphatic carbocycles. The molecular weight excluding hydrogens is 456 g/mol. The fraction of sp³-hybridized carbons (Fsp3) is 0.0769. The van der Waals surface area contributed by atoms with E-state index in [0.717, 1.165) is 32.1 Å². The van der Waals surface area contributed by atoms with E-state index in [2.05, 4.69) is 6.92 Å². The second-order valence-electron chi connectivity index (χ2n) is 7.37. The van der Waals surface area contributed by atoms with Crippen LogP contribution in [0.5, 0.6) is 0 Å². The molecule has 2 aromatic heterocycles. The Bertz CT molecular complexity index is 1460. The maximum Gasteiger partial charge on any atom is 0.268 e. The Morgan fingerprint density at radius 1 is 0.969 bits per heavy atom. The van der Waals surface area contributed by atoms with E-state index in [0.29, 0.717) is 21.3 Å². The van der Waals surface area contributed by atoms with Crippen molar-refractivity contribution in [3.63, 3.8) is 0 Å². The minimum Gasteiger partial charge on any atom is -0.268 e. The van der Waals surface area contributed by atoms with Gasteiger partial charge in [0.2, 0.25) is 0 Å². The van der Waals surface area contributed by atoms with Crippen LogP contribution in [0, 0.1) is 6.92 Å². The first-order chi connectivity index (χ1) is 15.6. The number of aromatic nitrogens is 2. The average molecular weight is 475 g/mol. The maximum absolute atomic E-state index is 13.9. The van der Waals surface area contributed by atoms with Crippen LogP contribution >= 0.6 is 34.7 Å².